The van der Waals surface area contributed by atoms with E-state index in [0.29, 0.717) is 16.5 Å². The van der Waals surface area contributed by atoms with Gasteiger partial charge in [0.25, 0.3) is 5.91 Å². The van der Waals surface area contributed by atoms with Crippen LogP contribution >= 0.6 is 11.3 Å². The quantitative estimate of drug-likeness (QED) is 0.514. The van der Waals surface area contributed by atoms with E-state index in [9.17, 15) is 4.79 Å². The van der Waals surface area contributed by atoms with Gasteiger partial charge in [-0.15, -0.1) is 11.3 Å². The van der Waals surface area contributed by atoms with Gasteiger partial charge in [0.2, 0.25) is 0 Å². The fraction of sp³-hybridized carbons (Fsp3) is 0.143. The second-order valence-corrected chi connectivity index (χ2v) is 7.14. The molecule has 4 rings (SSSR count). The number of rotatable bonds is 4. The summed E-state index contributed by atoms with van der Waals surface area (Å²) < 4.78 is 11.0. The Balaban J connectivity index is 1.57. The molecule has 1 amide bonds. The van der Waals surface area contributed by atoms with Crippen LogP contribution in [0.3, 0.4) is 0 Å². The van der Waals surface area contributed by atoms with Crippen molar-refractivity contribution < 1.29 is 13.9 Å². The number of hydrogen-bond acceptors (Lipinski definition) is 5. The maximum absolute atomic E-state index is 12.5. The molecule has 4 aromatic rings. The van der Waals surface area contributed by atoms with Crippen LogP contribution in [0.25, 0.3) is 22.2 Å². The highest BCUT2D eigenvalue weighted by atomic mass is 32.1. The molecule has 6 heteroatoms. The molecule has 0 saturated carbocycles. The zero-order valence-electron chi connectivity index (χ0n) is 15.2. The molecule has 0 radical (unpaired) electrons. The Morgan fingerprint density at radius 1 is 1.15 bits per heavy atom. The number of nitrogens with one attached hydrogen (secondary N) is 1. The number of carbonyl (C=O) groups excluding carboxylic acids is 1. The summed E-state index contributed by atoms with van der Waals surface area (Å²) in [6.45, 7) is 4.15. The number of amides is 1. The van der Waals surface area contributed by atoms with Gasteiger partial charge in [-0.25, -0.2) is 4.98 Å². The maximum Gasteiger partial charge on any atom is 0.293 e. The predicted molar refractivity (Wildman–Crippen MR) is 108 cm³/mol. The summed E-state index contributed by atoms with van der Waals surface area (Å²) >= 11 is 1.38. The first-order valence-corrected chi connectivity index (χ1v) is 9.34. The normalized spacial score (nSPS) is 10.9. The number of methoxy groups -OCH3 is 1. The minimum absolute atomic E-state index is 0.220. The summed E-state index contributed by atoms with van der Waals surface area (Å²) in [7, 11) is 1.57. The summed E-state index contributed by atoms with van der Waals surface area (Å²) in [6.07, 6.45) is 0. The molecule has 0 unspecified atom stereocenters. The van der Waals surface area contributed by atoms with Gasteiger partial charge in [0.05, 0.1) is 12.8 Å². The Labute approximate surface area is 160 Å². The van der Waals surface area contributed by atoms with Crippen LogP contribution in [0.2, 0.25) is 0 Å². The second kappa shape index (κ2) is 6.89. The Hall–Kier alpha value is -3.12. The molecule has 0 aliphatic rings. The number of benzene rings is 2. The third kappa shape index (κ3) is 3.31. The number of furan rings is 1. The standard InChI is InChI=1S/C21H18N2O3S/c1-12-7-8-14(9-13(12)2)16-11-27-21(22-16)23-20(24)18-10-15-5-4-6-17(25-3)19(15)26-18/h4-11H,1-3H3,(H,22,23,24). The number of para-hydroxylation sites is 1. The molecule has 0 spiro atoms. The molecule has 2 aromatic carbocycles. The van der Waals surface area contributed by atoms with E-state index in [1.165, 1.54) is 22.5 Å². The van der Waals surface area contributed by atoms with Crippen molar-refractivity contribution in [2.75, 3.05) is 12.4 Å². The second-order valence-electron chi connectivity index (χ2n) is 6.28. The molecule has 0 fully saturated rings. The number of ether oxygens (including phenoxy) is 1. The fourth-order valence-corrected chi connectivity index (χ4v) is 3.55. The van der Waals surface area contributed by atoms with Crippen LogP contribution in [-0.4, -0.2) is 18.0 Å². The lowest BCUT2D eigenvalue weighted by Gasteiger charge is -2.02. The van der Waals surface area contributed by atoms with Gasteiger partial charge >= 0.3 is 0 Å². The molecular formula is C21H18N2O3S. The van der Waals surface area contributed by atoms with E-state index in [1.807, 2.05) is 23.6 Å². The number of anilines is 1. The summed E-state index contributed by atoms with van der Waals surface area (Å²) in [4.78, 5) is 17.1. The number of thiazole rings is 1. The van der Waals surface area contributed by atoms with Crippen molar-refractivity contribution in [3.63, 3.8) is 0 Å². The van der Waals surface area contributed by atoms with Crippen molar-refractivity contribution in [2.45, 2.75) is 13.8 Å². The molecular weight excluding hydrogens is 360 g/mol. The van der Waals surface area contributed by atoms with Crippen molar-refractivity contribution >= 4 is 33.3 Å². The van der Waals surface area contributed by atoms with Crippen molar-refractivity contribution in [1.82, 2.24) is 4.98 Å². The first-order valence-electron chi connectivity index (χ1n) is 8.46. The van der Waals surface area contributed by atoms with Crippen molar-refractivity contribution in [3.05, 3.63) is 64.7 Å². The maximum atomic E-state index is 12.5. The third-order valence-electron chi connectivity index (χ3n) is 4.48. The molecule has 5 nitrogen and oxygen atoms in total. The fourth-order valence-electron chi connectivity index (χ4n) is 2.83. The molecule has 0 aliphatic carbocycles. The van der Waals surface area contributed by atoms with Crippen LogP contribution in [0.5, 0.6) is 5.75 Å². The highest BCUT2D eigenvalue weighted by Crippen LogP contribution is 2.30. The Bertz CT molecular complexity index is 1140. The SMILES string of the molecule is COc1cccc2cc(C(=O)Nc3nc(-c4ccc(C)c(C)c4)cs3)oc12. The van der Waals surface area contributed by atoms with E-state index in [4.69, 9.17) is 9.15 Å². The van der Waals surface area contributed by atoms with Crippen LogP contribution < -0.4 is 10.1 Å². The van der Waals surface area contributed by atoms with E-state index in [2.05, 4.69) is 36.3 Å². The minimum atomic E-state index is -0.339. The lowest BCUT2D eigenvalue weighted by atomic mass is 10.1. The van der Waals surface area contributed by atoms with E-state index >= 15 is 0 Å². The van der Waals surface area contributed by atoms with Crippen molar-refractivity contribution in [3.8, 4) is 17.0 Å². The largest absolute Gasteiger partial charge is 0.493 e. The zero-order valence-corrected chi connectivity index (χ0v) is 16.0. The van der Waals surface area contributed by atoms with Gasteiger partial charge in [0, 0.05) is 16.3 Å². The van der Waals surface area contributed by atoms with E-state index in [-0.39, 0.29) is 11.7 Å². The molecule has 0 bridgehead atoms. The molecule has 2 aromatic heterocycles. The highest BCUT2D eigenvalue weighted by Gasteiger charge is 2.16. The van der Waals surface area contributed by atoms with Gasteiger partial charge in [-0.1, -0.05) is 24.3 Å². The van der Waals surface area contributed by atoms with Crippen LogP contribution in [0.1, 0.15) is 21.7 Å². The number of aromatic nitrogens is 1. The van der Waals surface area contributed by atoms with Crippen molar-refractivity contribution in [2.24, 2.45) is 0 Å². The number of carbonyl (C=O) groups is 1. The van der Waals surface area contributed by atoms with Gasteiger partial charge in [0.15, 0.2) is 22.2 Å². The summed E-state index contributed by atoms with van der Waals surface area (Å²) in [5.41, 5.74) is 4.87. The van der Waals surface area contributed by atoms with E-state index < -0.39 is 0 Å². The lowest BCUT2D eigenvalue weighted by Crippen LogP contribution is -2.10. The molecule has 27 heavy (non-hydrogen) atoms. The topological polar surface area (TPSA) is 64.4 Å². The summed E-state index contributed by atoms with van der Waals surface area (Å²) in [5.74, 6) is 0.476. The average molecular weight is 378 g/mol. The number of aryl methyl sites for hydroxylation is 2. The monoisotopic (exact) mass is 378 g/mol. The highest BCUT2D eigenvalue weighted by molar-refractivity contribution is 7.14. The predicted octanol–water partition coefficient (Wildman–Crippen LogP) is 5.43. The van der Waals surface area contributed by atoms with Gasteiger partial charge in [-0.2, -0.15) is 0 Å². The molecule has 0 saturated heterocycles. The van der Waals surface area contributed by atoms with Gasteiger partial charge in [0.1, 0.15) is 0 Å². The Kier molecular flexibility index (Phi) is 4.41. The molecule has 0 aliphatic heterocycles. The van der Waals surface area contributed by atoms with Crippen LogP contribution in [-0.2, 0) is 0 Å². The average Bonchev–Trinajstić information content (AvgIpc) is 3.30. The molecule has 2 heterocycles. The number of hydrogen-bond donors (Lipinski definition) is 1. The van der Waals surface area contributed by atoms with Crippen LogP contribution in [0.15, 0.2) is 52.3 Å². The van der Waals surface area contributed by atoms with E-state index in [1.54, 1.807) is 19.2 Å². The van der Waals surface area contributed by atoms with Crippen molar-refractivity contribution in [1.29, 1.82) is 0 Å². The zero-order chi connectivity index (χ0) is 19.0. The Morgan fingerprint density at radius 3 is 2.78 bits per heavy atom. The number of fused-ring (bicyclic) bond motifs is 1. The van der Waals surface area contributed by atoms with Gasteiger partial charge in [-0.05, 0) is 43.2 Å². The molecule has 136 valence electrons. The third-order valence-corrected chi connectivity index (χ3v) is 5.24. The number of nitrogens with zero attached hydrogens (tertiary/aromatic N) is 1. The van der Waals surface area contributed by atoms with Crippen LogP contribution in [0, 0.1) is 13.8 Å². The van der Waals surface area contributed by atoms with Crippen LogP contribution in [0.4, 0.5) is 5.13 Å². The smallest absolute Gasteiger partial charge is 0.293 e. The summed E-state index contributed by atoms with van der Waals surface area (Å²) in [6, 6.07) is 13.4. The molecule has 0 atom stereocenters. The summed E-state index contributed by atoms with van der Waals surface area (Å²) in [5, 5.41) is 6.08. The van der Waals surface area contributed by atoms with Gasteiger partial charge in [-0.3, -0.25) is 10.1 Å². The van der Waals surface area contributed by atoms with E-state index in [0.717, 1.165) is 16.6 Å². The Morgan fingerprint density at radius 2 is 2.00 bits per heavy atom. The first kappa shape index (κ1) is 17.3. The minimum Gasteiger partial charge on any atom is -0.493 e. The van der Waals surface area contributed by atoms with Gasteiger partial charge < -0.3 is 9.15 Å². The lowest BCUT2D eigenvalue weighted by molar-refractivity contribution is 0.0998. The first-order chi connectivity index (χ1) is 13.0. The molecule has 1 N–H and O–H groups in total.